The van der Waals surface area contributed by atoms with Gasteiger partial charge in [0.15, 0.2) is 0 Å². The Morgan fingerprint density at radius 2 is 1.59 bits per heavy atom. The van der Waals surface area contributed by atoms with Gasteiger partial charge in [0, 0.05) is 0 Å². The van der Waals surface area contributed by atoms with E-state index in [-0.39, 0.29) is 20.7 Å². The molecule has 0 atom stereocenters. The number of rotatable bonds is 1. The first-order valence-electron chi connectivity index (χ1n) is 5.37. The quantitative estimate of drug-likeness (QED) is 0.630. The fourth-order valence-electron chi connectivity index (χ4n) is 1.78. The van der Waals surface area contributed by atoms with Crippen LogP contribution in [0.3, 0.4) is 0 Å². The molecule has 1 N–H and O–H groups in total. The van der Waals surface area contributed by atoms with Gasteiger partial charge in [0.05, 0.1) is 0 Å². The average Bonchev–Trinajstić information content (AvgIpc) is 2.40. The van der Waals surface area contributed by atoms with Crippen LogP contribution in [0, 0.1) is 0 Å². The van der Waals surface area contributed by atoms with Crippen LogP contribution in [-0.2, 0) is 0 Å². The van der Waals surface area contributed by atoms with Gasteiger partial charge in [-0.15, -0.1) is 0 Å². The molecule has 0 amide bonds. The Morgan fingerprint density at radius 3 is 2.41 bits per heavy atom. The second kappa shape index (κ2) is 4.27. The van der Waals surface area contributed by atoms with Crippen LogP contribution in [0.25, 0.3) is 10.2 Å². The number of hydrogen-bond donors (Lipinski definition) is 1. The fraction of sp³-hybridized carbons (Fsp3) is 0. The van der Waals surface area contributed by atoms with Gasteiger partial charge in [-0.3, -0.25) is 0 Å². The van der Waals surface area contributed by atoms with Crippen LogP contribution in [0.5, 0.6) is 0 Å². The van der Waals surface area contributed by atoms with Crippen LogP contribution >= 0.6 is 0 Å². The van der Waals surface area contributed by atoms with Crippen LogP contribution in [-0.4, -0.2) is 20.1 Å². The topological polar surface area (TPSA) is 20.2 Å². The molecule has 0 fully saturated rings. The number of fused-ring (bicyclic) bond motifs is 1. The molecule has 0 saturated heterocycles. The van der Waals surface area contributed by atoms with Crippen molar-refractivity contribution in [1.29, 1.82) is 0 Å². The van der Waals surface area contributed by atoms with E-state index in [1.807, 2.05) is 36.4 Å². The van der Waals surface area contributed by atoms with Crippen molar-refractivity contribution < 1.29 is 5.11 Å². The Morgan fingerprint density at radius 1 is 0.882 bits per heavy atom. The molecule has 17 heavy (non-hydrogen) atoms. The molecule has 2 aromatic rings. The Hall–Kier alpha value is -1.72. The molecule has 1 nitrogen and oxygen atoms in total. The number of aliphatic hydroxyl groups is 1. The molecule has 0 saturated carbocycles. The summed E-state index contributed by atoms with van der Waals surface area (Å²) in [6, 6.07) is 18.1. The monoisotopic (exact) mass is 286 g/mol. The molecule has 0 bridgehead atoms. The second-order valence-electron chi connectivity index (χ2n) is 3.77. The minimum atomic E-state index is 0.212. The van der Waals surface area contributed by atoms with Gasteiger partial charge in [0.25, 0.3) is 0 Å². The third-order valence-corrected chi connectivity index (χ3v) is 4.97. The summed E-state index contributed by atoms with van der Waals surface area (Å²) in [5.74, 6) is 0.257. The van der Waals surface area contributed by atoms with E-state index in [0.29, 0.717) is 0 Å². The summed E-state index contributed by atoms with van der Waals surface area (Å²) in [6.07, 6.45) is 0. The van der Waals surface area contributed by atoms with Gasteiger partial charge in [0.2, 0.25) is 0 Å². The van der Waals surface area contributed by atoms with Crippen molar-refractivity contribution in [3.8, 4) is 0 Å². The molecule has 0 spiro atoms. The van der Waals surface area contributed by atoms with Crippen molar-refractivity contribution in [2.75, 3.05) is 0 Å². The minimum absolute atomic E-state index is 0.212. The molecular weight excluding hydrogens is 275 g/mol. The third-order valence-electron chi connectivity index (χ3n) is 2.62. The second-order valence-corrected chi connectivity index (χ2v) is 5.97. The first-order valence-corrected chi connectivity index (χ1v) is 7.08. The van der Waals surface area contributed by atoms with Crippen molar-refractivity contribution in [2.24, 2.45) is 0 Å². The number of benzene rings is 2. The van der Waals surface area contributed by atoms with Crippen LogP contribution < -0.4 is 4.46 Å². The van der Waals surface area contributed by atoms with E-state index in [1.54, 1.807) is 0 Å². The molecule has 1 aliphatic rings. The van der Waals surface area contributed by atoms with Gasteiger partial charge in [-0.25, -0.2) is 0 Å². The summed E-state index contributed by atoms with van der Waals surface area (Å²) < 4.78 is 2.32. The molecule has 0 aliphatic carbocycles. The molecule has 82 valence electrons. The summed E-state index contributed by atoms with van der Waals surface area (Å²) >= 11 is 0.212. The number of hydrogen-bond acceptors (Lipinski definition) is 1. The summed E-state index contributed by atoms with van der Waals surface area (Å²) in [4.78, 5) is 0. The van der Waals surface area contributed by atoms with E-state index in [2.05, 4.69) is 23.9 Å². The summed E-state index contributed by atoms with van der Waals surface area (Å²) in [5.41, 5.74) is 5.18. The predicted octanol–water partition coefficient (Wildman–Crippen LogP) is 2.57. The standard InChI is InChI=1S/C15H10OSe/c16-13-10-15(11-6-2-1-3-7-11)17-14-9-5-4-8-12(13)14/h1-9,16H. The maximum absolute atomic E-state index is 9.99. The van der Waals surface area contributed by atoms with Crippen molar-refractivity contribution >= 4 is 29.6 Å². The van der Waals surface area contributed by atoms with Gasteiger partial charge >= 0.3 is 106 Å². The van der Waals surface area contributed by atoms with E-state index in [0.717, 1.165) is 15.6 Å². The zero-order valence-corrected chi connectivity index (χ0v) is 10.8. The summed E-state index contributed by atoms with van der Waals surface area (Å²) in [6.45, 7) is 0. The van der Waals surface area contributed by atoms with Crippen LogP contribution in [0.2, 0.25) is 0 Å². The van der Waals surface area contributed by atoms with E-state index < -0.39 is 0 Å². The van der Waals surface area contributed by atoms with E-state index in [4.69, 9.17) is 0 Å². The van der Waals surface area contributed by atoms with Crippen LogP contribution in [0.1, 0.15) is 11.1 Å². The van der Waals surface area contributed by atoms with Crippen molar-refractivity contribution in [1.82, 2.24) is 0 Å². The molecule has 3 rings (SSSR count). The Balaban J connectivity index is 2.15. The normalized spacial score (nSPS) is 13.6. The van der Waals surface area contributed by atoms with Gasteiger partial charge < -0.3 is 0 Å². The zero-order chi connectivity index (χ0) is 11.7. The Labute approximate surface area is 106 Å². The third kappa shape index (κ3) is 1.94. The number of aliphatic hydroxyl groups excluding tert-OH is 1. The molecule has 0 unspecified atom stereocenters. The Bertz CT molecular complexity index is 622. The van der Waals surface area contributed by atoms with Crippen molar-refractivity contribution in [3.05, 3.63) is 71.5 Å². The molecular formula is C15H10OSe. The molecule has 2 aromatic carbocycles. The molecule has 0 radical (unpaired) electrons. The fourth-order valence-corrected chi connectivity index (χ4v) is 3.97. The van der Waals surface area contributed by atoms with Crippen molar-refractivity contribution in [3.63, 3.8) is 0 Å². The van der Waals surface area contributed by atoms with Gasteiger partial charge in [0.1, 0.15) is 0 Å². The summed E-state index contributed by atoms with van der Waals surface area (Å²) in [7, 11) is 0. The predicted molar refractivity (Wildman–Crippen MR) is 71.2 cm³/mol. The van der Waals surface area contributed by atoms with Crippen molar-refractivity contribution in [2.45, 2.75) is 0 Å². The first kappa shape index (κ1) is 10.4. The van der Waals surface area contributed by atoms with E-state index in [9.17, 15) is 5.11 Å². The van der Waals surface area contributed by atoms with Gasteiger partial charge in [-0.05, 0) is 0 Å². The van der Waals surface area contributed by atoms with Gasteiger partial charge in [-0.2, -0.15) is 0 Å². The SMILES string of the molecule is OC1=C=C(c2ccccc2)[Se]c2ccccc21. The van der Waals surface area contributed by atoms with E-state index in [1.165, 1.54) is 4.46 Å². The van der Waals surface area contributed by atoms with Gasteiger partial charge in [-0.1, -0.05) is 0 Å². The summed E-state index contributed by atoms with van der Waals surface area (Å²) in [5, 5.41) is 9.99. The van der Waals surface area contributed by atoms with E-state index >= 15 is 0 Å². The Kier molecular flexibility index (Phi) is 2.62. The molecule has 1 aliphatic heterocycles. The zero-order valence-electron chi connectivity index (χ0n) is 9.05. The first-order chi connectivity index (χ1) is 8.34. The van der Waals surface area contributed by atoms with Crippen LogP contribution in [0.4, 0.5) is 0 Å². The molecule has 1 heterocycles. The average molecular weight is 285 g/mol. The van der Waals surface area contributed by atoms with Crippen LogP contribution in [0.15, 0.2) is 60.3 Å². The molecule has 0 aromatic heterocycles. The maximum atomic E-state index is 9.99. The molecule has 2 heteroatoms.